The number of alkyl halides is 3. The van der Waals surface area contributed by atoms with E-state index in [2.05, 4.69) is 4.74 Å². The quantitative estimate of drug-likeness (QED) is 0.931. The van der Waals surface area contributed by atoms with Gasteiger partial charge in [-0.15, -0.1) is 13.2 Å². The Kier molecular flexibility index (Phi) is 3.59. The van der Waals surface area contributed by atoms with Crippen LogP contribution in [0.25, 0.3) is 11.1 Å². The van der Waals surface area contributed by atoms with Crippen molar-refractivity contribution in [1.82, 2.24) is 0 Å². The Bertz CT molecular complexity index is 725. The zero-order valence-corrected chi connectivity index (χ0v) is 11.8. The largest absolute Gasteiger partial charge is 0.573 e. The van der Waals surface area contributed by atoms with Crippen LogP contribution < -0.4 is 18.9 Å². The SMILES string of the molecule is COc1c2c(cc(O)c1-c1ccc(OC(F)(F)F)cc1)OCO2. The van der Waals surface area contributed by atoms with Crippen molar-refractivity contribution in [2.75, 3.05) is 13.9 Å². The number of phenols is 1. The van der Waals surface area contributed by atoms with E-state index in [1.165, 1.54) is 25.3 Å². The zero-order valence-electron chi connectivity index (χ0n) is 11.8. The molecule has 0 saturated heterocycles. The third kappa shape index (κ3) is 2.92. The van der Waals surface area contributed by atoms with E-state index in [-0.39, 0.29) is 29.6 Å². The topological polar surface area (TPSA) is 57.2 Å². The number of benzene rings is 2. The maximum atomic E-state index is 12.2. The Morgan fingerprint density at radius 3 is 2.43 bits per heavy atom. The number of hydrogen-bond acceptors (Lipinski definition) is 5. The summed E-state index contributed by atoms with van der Waals surface area (Å²) in [5.74, 6) is 0.397. The summed E-state index contributed by atoms with van der Waals surface area (Å²) < 4.78 is 56.1. The number of fused-ring (bicyclic) bond motifs is 1. The van der Waals surface area contributed by atoms with E-state index in [1.54, 1.807) is 0 Å². The first-order chi connectivity index (χ1) is 10.9. The van der Waals surface area contributed by atoms with Gasteiger partial charge < -0.3 is 24.1 Å². The molecule has 3 rings (SSSR count). The molecule has 1 aliphatic heterocycles. The van der Waals surface area contributed by atoms with Crippen molar-refractivity contribution in [2.45, 2.75) is 6.36 Å². The highest BCUT2D eigenvalue weighted by atomic mass is 19.4. The molecule has 8 heteroatoms. The molecule has 122 valence electrons. The van der Waals surface area contributed by atoms with Crippen molar-refractivity contribution in [3.63, 3.8) is 0 Å². The van der Waals surface area contributed by atoms with Crippen molar-refractivity contribution >= 4 is 0 Å². The van der Waals surface area contributed by atoms with E-state index in [0.29, 0.717) is 17.1 Å². The average Bonchev–Trinajstić information content (AvgIpc) is 2.93. The summed E-state index contributed by atoms with van der Waals surface area (Å²) in [4.78, 5) is 0. The van der Waals surface area contributed by atoms with Gasteiger partial charge >= 0.3 is 6.36 Å². The fourth-order valence-corrected chi connectivity index (χ4v) is 2.30. The minimum absolute atomic E-state index is 0.00700. The number of aromatic hydroxyl groups is 1. The van der Waals surface area contributed by atoms with Crippen LogP contribution in [-0.4, -0.2) is 25.4 Å². The van der Waals surface area contributed by atoms with Gasteiger partial charge in [-0.2, -0.15) is 0 Å². The highest BCUT2D eigenvalue weighted by Gasteiger charge is 2.31. The third-order valence-corrected chi connectivity index (χ3v) is 3.18. The van der Waals surface area contributed by atoms with Crippen LogP contribution in [0.15, 0.2) is 30.3 Å². The number of ether oxygens (including phenoxy) is 4. The maximum Gasteiger partial charge on any atom is 0.573 e. The van der Waals surface area contributed by atoms with Crippen LogP contribution in [0, 0.1) is 0 Å². The Hall–Kier alpha value is -2.77. The molecule has 2 aromatic carbocycles. The van der Waals surface area contributed by atoms with Crippen LogP contribution in [0.2, 0.25) is 0 Å². The average molecular weight is 328 g/mol. The lowest BCUT2D eigenvalue weighted by molar-refractivity contribution is -0.274. The van der Waals surface area contributed by atoms with Gasteiger partial charge in [-0.25, -0.2) is 0 Å². The molecule has 0 spiro atoms. The predicted molar refractivity (Wildman–Crippen MR) is 72.9 cm³/mol. The van der Waals surface area contributed by atoms with Crippen LogP contribution in [0.4, 0.5) is 13.2 Å². The van der Waals surface area contributed by atoms with E-state index in [0.717, 1.165) is 12.1 Å². The molecule has 1 aliphatic rings. The first-order valence-electron chi connectivity index (χ1n) is 6.45. The molecule has 0 aliphatic carbocycles. The molecule has 0 amide bonds. The summed E-state index contributed by atoms with van der Waals surface area (Å²) in [6, 6.07) is 6.40. The Balaban J connectivity index is 2.02. The highest BCUT2D eigenvalue weighted by molar-refractivity contribution is 5.82. The minimum Gasteiger partial charge on any atom is -0.507 e. The van der Waals surface area contributed by atoms with Crippen molar-refractivity contribution in [1.29, 1.82) is 0 Å². The molecule has 0 atom stereocenters. The first kappa shape index (κ1) is 15.1. The lowest BCUT2D eigenvalue weighted by Crippen LogP contribution is -2.16. The molecule has 0 bridgehead atoms. The second-order valence-electron chi connectivity index (χ2n) is 4.61. The fourth-order valence-electron chi connectivity index (χ4n) is 2.30. The summed E-state index contributed by atoms with van der Waals surface area (Å²) in [5.41, 5.74) is 0.725. The van der Waals surface area contributed by atoms with Crippen LogP contribution in [-0.2, 0) is 0 Å². The smallest absolute Gasteiger partial charge is 0.507 e. The monoisotopic (exact) mass is 328 g/mol. The van der Waals surface area contributed by atoms with Crippen LogP contribution in [0.1, 0.15) is 0 Å². The molecule has 0 radical (unpaired) electrons. The van der Waals surface area contributed by atoms with Gasteiger partial charge in [0.25, 0.3) is 0 Å². The summed E-state index contributed by atoms with van der Waals surface area (Å²) in [5, 5.41) is 10.2. The Morgan fingerprint density at radius 1 is 1.13 bits per heavy atom. The van der Waals surface area contributed by atoms with Gasteiger partial charge in [0.05, 0.1) is 12.7 Å². The Morgan fingerprint density at radius 2 is 1.83 bits per heavy atom. The number of rotatable bonds is 3. The summed E-state index contributed by atoms with van der Waals surface area (Å²) in [6.07, 6.45) is -4.76. The molecule has 1 N–H and O–H groups in total. The van der Waals surface area contributed by atoms with E-state index < -0.39 is 6.36 Å². The number of halogens is 3. The normalized spacial score (nSPS) is 13.0. The van der Waals surface area contributed by atoms with Gasteiger partial charge in [0.2, 0.25) is 12.5 Å². The standard InChI is InChI=1S/C15H11F3O5/c1-20-14-12(10(19)6-11-13(14)22-7-21-11)8-2-4-9(5-3-8)23-15(16,17)18/h2-6,19H,7H2,1H3. The minimum atomic E-state index is -4.76. The van der Waals surface area contributed by atoms with E-state index >= 15 is 0 Å². The van der Waals surface area contributed by atoms with Crippen LogP contribution in [0.3, 0.4) is 0 Å². The predicted octanol–water partition coefficient (Wildman–Crippen LogP) is 3.70. The zero-order chi connectivity index (χ0) is 16.6. The number of phenolic OH excluding ortho intramolecular Hbond substituents is 1. The number of methoxy groups -OCH3 is 1. The fraction of sp³-hybridized carbons (Fsp3) is 0.200. The van der Waals surface area contributed by atoms with Gasteiger partial charge in [-0.05, 0) is 17.7 Å². The molecule has 5 nitrogen and oxygen atoms in total. The van der Waals surface area contributed by atoms with Crippen molar-refractivity contribution in [2.24, 2.45) is 0 Å². The summed E-state index contributed by atoms with van der Waals surface area (Å²) >= 11 is 0. The maximum absolute atomic E-state index is 12.2. The lowest BCUT2D eigenvalue weighted by atomic mass is 10.0. The second kappa shape index (κ2) is 5.45. The number of hydrogen-bond donors (Lipinski definition) is 1. The van der Waals surface area contributed by atoms with Gasteiger partial charge in [0, 0.05) is 6.07 Å². The van der Waals surface area contributed by atoms with E-state index in [1.807, 2.05) is 0 Å². The Labute approximate surface area is 128 Å². The van der Waals surface area contributed by atoms with Gasteiger partial charge in [0.1, 0.15) is 11.5 Å². The molecule has 0 fully saturated rings. The van der Waals surface area contributed by atoms with E-state index in [9.17, 15) is 18.3 Å². The highest BCUT2D eigenvalue weighted by Crippen LogP contribution is 2.51. The molecule has 0 saturated carbocycles. The van der Waals surface area contributed by atoms with Gasteiger partial charge in [-0.3, -0.25) is 0 Å². The van der Waals surface area contributed by atoms with E-state index in [4.69, 9.17) is 14.2 Å². The van der Waals surface area contributed by atoms with Crippen molar-refractivity contribution in [3.05, 3.63) is 30.3 Å². The molecule has 2 aromatic rings. The van der Waals surface area contributed by atoms with Crippen LogP contribution in [0.5, 0.6) is 28.7 Å². The summed E-state index contributed by atoms with van der Waals surface area (Å²) in [7, 11) is 1.39. The van der Waals surface area contributed by atoms with Gasteiger partial charge in [0.15, 0.2) is 11.5 Å². The molecule has 0 unspecified atom stereocenters. The second-order valence-corrected chi connectivity index (χ2v) is 4.61. The van der Waals surface area contributed by atoms with Gasteiger partial charge in [-0.1, -0.05) is 12.1 Å². The van der Waals surface area contributed by atoms with Crippen LogP contribution >= 0.6 is 0 Å². The molecule has 23 heavy (non-hydrogen) atoms. The molecule has 1 heterocycles. The molecular weight excluding hydrogens is 317 g/mol. The lowest BCUT2D eigenvalue weighted by Gasteiger charge is -2.14. The first-order valence-corrected chi connectivity index (χ1v) is 6.45. The third-order valence-electron chi connectivity index (χ3n) is 3.18. The van der Waals surface area contributed by atoms with Crippen molar-refractivity contribution < 1.29 is 37.2 Å². The van der Waals surface area contributed by atoms with Crippen molar-refractivity contribution in [3.8, 4) is 39.9 Å². The molecule has 0 aromatic heterocycles. The summed E-state index contributed by atoms with van der Waals surface area (Å²) in [6.45, 7) is -0.00700. The molecular formula is C15H11F3O5.